The van der Waals surface area contributed by atoms with Gasteiger partial charge in [-0.25, -0.2) is 13.1 Å². The van der Waals surface area contributed by atoms with E-state index in [1.54, 1.807) is 43.9 Å². The van der Waals surface area contributed by atoms with Crippen molar-refractivity contribution in [1.29, 1.82) is 0 Å². The van der Waals surface area contributed by atoms with E-state index >= 15 is 0 Å². The summed E-state index contributed by atoms with van der Waals surface area (Å²) in [6.07, 6.45) is 0.766. The van der Waals surface area contributed by atoms with Crippen molar-refractivity contribution >= 4 is 21.6 Å². The van der Waals surface area contributed by atoms with Gasteiger partial charge in [-0.3, -0.25) is 4.79 Å². The van der Waals surface area contributed by atoms with E-state index in [0.717, 1.165) is 12.0 Å². The number of hydrogen-bond donors (Lipinski definition) is 1. The maximum atomic E-state index is 12.3. The summed E-state index contributed by atoms with van der Waals surface area (Å²) < 4.78 is 27.2. The van der Waals surface area contributed by atoms with Crippen LogP contribution in [0.2, 0.25) is 0 Å². The summed E-state index contributed by atoms with van der Waals surface area (Å²) in [4.78, 5) is 13.4. The Bertz CT molecular complexity index is 645. The molecule has 1 aliphatic heterocycles. The van der Waals surface area contributed by atoms with Gasteiger partial charge in [0.15, 0.2) is 0 Å². The lowest BCUT2D eigenvalue weighted by atomic mass is 10.1. The first-order valence-electron chi connectivity index (χ1n) is 6.55. The van der Waals surface area contributed by atoms with Gasteiger partial charge >= 0.3 is 0 Å². The highest BCUT2D eigenvalue weighted by Crippen LogP contribution is 2.30. The zero-order valence-corrected chi connectivity index (χ0v) is 13.0. The van der Waals surface area contributed by atoms with Gasteiger partial charge in [0.2, 0.25) is 15.9 Å². The van der Waals surface area contributed by atoms with Crippen LogP contribution in [0.1, 0.15) is 33.3 Å². The molecule has 0 aromatic heterocycles. The molecule has 0 bridgehead atoms. The van der Waals surface area contributed by atoms with Crippen LogP contribution >= 0.6 is 0 Å². The second-order valence-corrected chi connectivity index (χ2v) is 7.75. The van der Waals surface area contributed by atoms with Gasteiger partial charge in [0.25, 0.3) is 0 Å². The van der Waals surface area contributed by atoms with E-state index in [9.17, 15) is 13.2 Å². The molecular formula is C14H20N2O3S. The van der Waals surface area contributed by atoms with Gasteiger partial charge < -0.3 is 4.90 Å². The van der Waals surface area contributed by atoms with Crippen molar-refractivity contribution in [3.8, 4) is 0 Å². The van der Waals surface area contributed by atoms with Crippen LogP contribution in [0, 0.1) is 0 Å². The molecule has 0 unspecified atom stereocenters. The predicted molar refractivity (Wildman–Crippen MR) is 78.2 cm³/mol. The molecule has 6 heteroatoms. The molecule has 1 heterocycles. The first-order chi connectivity index (χ1) is 9.10. The number of benzene rings is 1. The van der Waals surface area contributed by atoms with Crippen molar-refractivity contribution in [3.05, 3.63) is 23.8 Å². The highest BCUT2D eigenvalue weighted by molar-refractivity contribution is 7.89. The zero-order chi connectivity index (χ0) is 15.1. The lowest BCUT2D eigenvalue weighted by Crippen LogP contribution is -2.40. The molecule has 2 rings (SSSR count). The van der Waals surface area contributed by atoms with Gasteiger partial charge in [0.05, 0.1) is 4.90 Å². The van der Waals surface area contributed by atoms with E-state index in [1.165, 1.54) is 6.92 Å². The van der Waals surface area contributed by atoms with Gasteiger partial charge in [-0.2, -0.15) is 0 Å². The minimum Gasteiger partial charge on any atom is -0.312 e. The Morgan fingerprint density at radius 3 is 2.50 bits per heavy atom. The average molecular weight is 296 g/mol. The largest absolute Gasteiger partial charge is 0.312 e. The second kappa shape index (κ2) is 4.86. The van der Waals surface area contributed by atoms with E-state index < -0.39 is 15.6 Å². The predicted octanol–water partition coefficient (Wildman–Crippen LogP) is 1.67. The highest BCUT2D eigenvalue weighted by atomic mass is 32.2. The Morgan fingerprint density at radius 2 is 1.95 bits per heavy atom. The van der Waals surface area contributed by atoms with E-state index in [-0.39, 0.29) is 10.8 Å². The number of sulfonamides is 1. The summed E-state index contributed by atoms with van der Waals surface area (Å²) in [7, 11) is -3.58. The van der Waals surface area contributed by atoms with E-state index in [0.29, 0.717) is 12.2 Å². The Kier molecular flexibility index (Phi) is 3.64. The standard InChI is InChI=1S/C14H20N2O3S/c1-10(17)16-8-7-11-5-6-12(9-13(11)16)20(18,19)15-14(2,3)4/h5-6,9,15H,7-8H2,1-4H3. The van der Waals surface area contributed by atoms with Crippen molar-refractivity contribution in [2.45, 2.75) is 44.6 Å². The first-order valence-corrected chi connectivity index (χ1v) is 8.03. The van der Waals surface area contributed by atoms with E-state index in [1.807, 2.05) is 0 Å². The fraction of sp³-hybridized carbons (Fsp3) is 0.500. The number of carbonyl (C=O) groups is 1. The molecule has 0 fully saturated rings. The molecular weight excluding hydrogens is 276 g/mol. The monoisotopic (exact) mass is 296 g/mol. The quantitative estimate of drug-likeness (QED) is 0.903. The molecule has 1 amide bonds. The van der Waals surface area contributed by atoms with Crippen molar-refractivity contribution in [1.82, 2.24) is 4.72 Å². The molecule has 0 saturated heterocycles. The van der Waals surface area contributed by atoms with Crippen molar-refractivity contribution in [2.75, 3.05) is 11.4 Å². The molecule has 0 radical (unpaired) electrons. The van der Waals surface area contributed by atoms with Crippen molar-refractivity contribution in [2.24, 2.45) is 0 Å². The third kappa shape index (κ3) is 3.02. The molecule has 110 valence electrons. The fourth-order valence-corrected chi connectivity index (χ4v) is 3.75. The van der Waals surface area contributed by atoms with Crippen LogP contribution in [-0.4, -0.2) is 26.4 Å². The Hall–Kier alpha value is -1.40. The lowest BCUT2D eigenvalue weighted by molar-refractivity contribution is -0.116. The normalized spacial score (nSPS) is 15.3. The molecule has 20 heavy (non-hydrogen) atoms. The van der Waals surface area contributed by atoms with Crippen LogP contribution in [0.5, 0.6) is 0 Å². The average Bonchev–Trinajstić information content (AvgIpc) is 2.67. The summed E-state index contributed by atoms with van der Waals surface area (Å²) >= 11 is 0. The summed E-state index contributed by atoms with van der Waals surface area (Å²) in [5.74, 6) is -0.0675. The van der Waals surface area contributed by atoms with Gasteiger partial charge in [-0.15, -0.1) is 0 Å². The Morgan fingerprint density at radius 1 is 1.30 bits per heavy atom. The number of hydrogen-bond acceptors (Lipinski definition) is 3. The van der Waals surface area contributed by atoms with E-state index in [4.69, 9.17) is 0 Å². The minimum absolute atomic E-state index is 0.0675. The maximum Gasteiger partial charge on any atom is 0.241 e. The maximum absolute atomic E-state index is 12.3. The number of amides is 1. The smallest absolute Gasteiger partial charge is 0.241 e. The highest BCUT2D eigenvalue weighted by Gasteiger charge is 2.27. The van der Waals surface area contributed by atoms with Crippen molar-refractivity contribution < 1.29 is 13.2 Å². The summed E-state index contributed by atoms with van der Waals surface area (Å²) in [6.45, 7) is 7.48. The molecule has 0 saturated carbocycles. The van der Waals surface area contributed by atoms with Crippen LogP contribution in [0.25, 0.3) is 0 Å². The fourth-order valence-electron chi connectivity index (χ4n) is 2.32. The van der Waals surface area contributed by atoms with Gasteiger partial charge in [0, 0.05) is 24.7 Å². The van der Waals surface area contributed by atoms with Crippen LogP contribution in [0.15, 0.2) is 23.1 Å². The molecule has 1 aromatic rings. The molecule has 1 aliphatic rings. The summed E-state index contributed by atoms with van der Waals surface area (Å²) in [5, 5.41) is 0. The Labute approximate surface area is 120 Å². The molecule has 0 aliphatic carbocycles. The van der Waals surface area contributed by atoms with Crippen LogP contribution in [0.3, 0.4) is 0 Å². The SMILES string of the molecule is CC(=O)N1CCc2ccc(S(=O)(=O)NC(C)(C)C)cc21. The molecule has 1 N–H and O–H groups in total. The second-order valence-electron chi connectivity index (χ2n) is 6.07. The van der Waals surface area contributed by atoms with Crippen molar-refractivity contribution in [3.63, 3.8) is 0 Å². The summed E-state index contributed by atoms with van der Waals surface area (Å²) in [5.41, 5.74) is 1.17. The number of anilines is 1. The number of nitrogens with zero attached hydrogens (tertiary/aromatic N) is 1. The van der Waals surface area contributed by atoms with Gasteiger partial charge in [0.1, 0.15) is 0 Å². The Balaban J connectivity index is 2.42. The van der Waals surface area contributed by atoms with Gasteiger partial charge in [-0.05, 0) is 44.9 Å². The summed E-state index contributed by atoms with van der Waals surface area (Å²) in [6, 6.07) is 4.96. The van der Waals surface area contributed by atoms with Crippen LogP contribution < -0.4 is 9.62 Å². The van der Waals surface area contributed by atoms with E-state index in [2.05, 4.69) is 4.72 Å². The van der Waals surface area contributed by atoms with Crippen LogP contribution in [-0.2, 0) is 21.2 Å². The first kappa shape index (κ1) is 15.0. The third-order valence-corrected chi connectivity index (χ3v) is 4.84. The molecule has 1 aromatic carbocycles. The van der Waals surface area contributed by atoms with Gasteiger partial charge in [-0.1, -0.05) is 6.07 Å². The molecule has 5 nitrogen and oxygen atoms in total. The minimum atomic E-state index is -3.58. The van der Waals surface area contributed by atoms with Crippen LogP contribution in [0.4, 0.5) is 5.69 Å². The number of fused-ring (bicyclic) bond motifs is 1. The third-order valence-electron chi connectivity index (χ3n) is 3.08. The number of nitrogens with one attached hydrogen (secondary N) is 1. The number of rotatable bonds is 2. The number of carbonyl (C=O) groups excluding carboxylic acids is 1. The molecule has 0 atom stereocenters. The topological polar surface area (TPSA) is 66.5 Å². The zero-order valence-electron chi connectivity index (χ0n) is 12.2. The lowest BCUT2D eigenvalue weighted by Gasteiger charge is -2.21. The molecule has 0 spiro atoms.